The van der Waals surface area contributed by atoms with E-state index in [2.05, 4.69) is 49.7 Å². The molecule has 352 valence electrons. The number of fused-ring (bicyclic) bond motifs is 6. The maximum atomic E-state index is 14.4. The van der Waals surface area contributed by atoms with E-state index in [1.165, 1.54) is 14.2 Å². The number of imidazole rings is 1. The smallest absolute Gasteiger partial charge is 0.352 e. The third kappa shape index (κ3) is 8.37. The summed E-state index contributed by atoms with van der Waals surface area (Å²) in [5, 5.41) is 23.9. The molecule has 20 nitrogen and oxygen atoms in total. The zero-order valence-corrected chi connectivity index (χ0v) is 38.8. The Hall–Kier alpha value is -7.12. The van der Waals surface area contributed by atoms with Gasteiger partial charge in [-0.1, -0.05) is 37.5 Å². The molecule has 8 rings (SSSR count). The van der Waals surface area contributed by atoms with Crippen LogP contribution in [-0.2, 0) is 32.6 Å². The number of ether oxygens (including phenoxy) is 1. The summed E-state index contributed by atoms with van der Waals surface area (Å²) in [4.78, 5) is 113. The second kappa shape index (κ2) is 18.3. The normalized spacial score (nSPS) is 24.3. The van der Waals surface area contributed by atoms with Gasteiger partial charge in [-0.05, 0) is 75.7 Å². The number of aryl methyl sites for hydroxylation is 1. The van der Waals surface area contributed by atoms with Crippen LogP contribution < -0.4 is 27.0 Å². The second-order valence-corrected chi connectivity index (χ2v) is 18.1. The van der Waals surface area contributed by atoms with E-state index in [9.17, 15) is 38.7 Å². The Morgan fingerprint density at radius 2 is 1.76 bits per heavy atom. The molecule has 4 aromatic heterocycles. The molecule has 0 radical (unpaired) electrons. The van der Waals surface area contributed by atoms with Gasteiger partial charge in [-0.25, -0.2) is 19.0 Å². The lowest BCUT2D eigenvalue weighted by atomic mass is 9.83. The summed E-state index contributed by atoms with van der Waals surface area (Å²) in [6, 6.07) is -1.40. The molecule has 0 spiro atoms. The van der Waals surface area contributed by atoms with Gasteiger partial charge in [0.2, 0.25) is 5.91 Å². The molecule has 3 aliphatic heterocycles. The van der Waals surface area contributed by atoms with Crippen molar-refractivity contribution < 1.29 is 38.6 Å². The average molecular weight is 918 g/mol. The molecule has 0 aromatic carbocycles. The van der Waals surface area contributed by atoms with Gasteiger partial charge in [0.1, 0.15) is 17.7 Å². The number of aliphatic imine (C=N–C) groups is 2. The molecule has 5 N–H and O–H groups in total. The number of aromatic nitrogens is 7. The van der Waals surface area contributed by atoms with Gasteiger partial charge >= 0.3 is 17.6 Å². The van der Waals surface area contributed by atoms with Crippen LogP contribution in [0.1, 0.15) is 120 Å². The SMILES string of the molecule is CC[C@@H]1C2Cc3[nH]c4c(c3C)C(=O)C(C(=O)OC)/C4=C3N=C(/C=c4\[nH]/c(c(C(C)=O)c4C)=C\C(=N2)[C@H]1C)[C@H](C)[C@H]/3CCCC(=O)NCCCC(NC(=O)c1cn2c(=O)n(C)nnc2n1)C(=O)O. The monoisotopic (exact) mass is 917 g/mol. The molecule has 8 bridgehead atoms. The minimum absolute atomic E-state index is 0.00763. The number of carbonyl (C=O) groups excluding carboxylic acids is 5. The van der Waals surface area contributed by atoms with Crippen molar-refractivity contribution in [1.29, 1.82) is 0 Å². The summed E-state index contributed by atoms with van der Waals surface area (Å²) in [6.45, 7) is 11.8. The van der Waals surface area contributed by atoms with Crippen molar-refractivity contribution in [2.45, 2.75) is 98.6 Å². The molecule has 67 heavy (non-hydrogen) atoms. The standard InChI is InChI=1S/C47H55N11O9/c1-9-25-20(2)28-18-33-36(24(6)59)22(4)30(50-33)16-29-21(3)26(40(51-29)38-39(45(65)67-8)42(61)37-23(5)31(52-41(37)38)17-32(25)49-28)12-10-14-35(60)48-15-11-13-27(44(63)64)53-43(62)34-19-58-46(54-34)55-56-57(7)47(58)66/h16,18-21,25-27,32,39,50,52H,9-15,17H2,1-8H3,(H,48,60)(H,53,62)(H,63,64)/b30-16-,33-18-,40-38-/t20-,21+,25-,26+,27?,32?,39?/m0/s1. The molecule has 20 heteroatoms. The molecule has 1 aliphatic carbocycles. The Bertz CT molecular complexity index is 3050. The highest BCUT2D eigenvalue weighted by Crippen LogP contribution is 2.48. The van der Waals surface area contributed by atoms with Crippen LogP contribution in [-0.4, -0.2) is 112 Å². The summed E-state index contributed by atoms with van der Waals surface area (Å²) in [5.74, 6) is -5.09. The van der Waals surface area contributed by atoms with Crippen LogP contribution in [0, 0.1) is 43.4 Å². The number of carboxylic acids is 1. The van der Waals surface area contributed by atoms with Crippen LogP contribution in [0.2, 0.25) is 0 Å². The number of hydrogen-bond donors (Lipinski definition) is 5. The molecular weight excluding hydrogens is 863 g/mol. The lowest BCUT2D eigenvalue weighted by Crippen LogP contribution is -2.41. The van der Waals surface area contributed by atoms with Crippen LogP contribution >= 0.6 is 0 Å². The van der Waals surface area contributed by atoms with Crippen LogP contribution in [0.25, 0.3) is 23.5 Å². The van der Waals surface area contributed by atoms with E-state index >= 15 is 0 Å². The minimum atomic E-state index is -1.30. The molecule has 0 saturated carbocycles. The summed E-state index contributed by atoms with van der Waals surface area (Å²) >= 11 is 0. The van der Waals surface area contributed by atoms with Crippen molar-refractivity contribution in [3.63, 3.8) is 0 Å². The van der Waals surface area contributed by atoms with E-state index in [4.69, 9.17) is 14.7 Å². The Labute approximate surface area is 384 Å². The van der Waals surface area contributed by atoms with E-state index in [1.807, 2.05) is 32.9 Å². The van der Waals surface area contributed by atoms with Crippen molar-refractivity contribution in [2.75, 3.05) is 13.7 Å². The largest absolute Gasteiger partial charge is 0.480 e. The van der Waals surface area contributed by atoms with Crippen molar-refractivity contribution in [2.24, 2.45) is 46.6 Å². The Morgan fingerprint density at radius 3 is 2.46 bits per heavy atom. The number of rotatable bonds is 14. The lowest BCUT2D eigenvalue weighted by Gasteiger charge is -2.21. The van der Waals surface area contributed by atoms with Gasteiger partial charge in [0.05, 0.1) is 29.9 Å². The van der Waals surface area contributed by atoms with Gasteiger partial charge in [-0.2, -0.15) is 4.68 Å². The van der Waals surface area contributed by atoms with E-state index in [0.29, 0.717) is 63.8 Å². The Balaban J connectivity index is 1.04. The first-order chi connectivity index (χ1) is 31.9. The van der Waals surface area contributed by atoms with Gasteiger partial charge in [-0.15, -0.1) is 0 Å². The van der Waals surface area contributed by atoms with E-state index in [0.717, 1.165) is 44.2 Å². The molecule has 7 atom stereocenters. The van der Waals surface area contributed by atoms with Crippen molar-refractivity contribution in [3.05, 3.63) is 72.4 Å². The number of nitrogens with zero attached hydrogens (tertiary/aromatic N) is 7. The maximum absolute atomic E-state index is 14.4. The Morgan fingerprint density at radius 1 is 1.01 bits per heavy atom. The highest BCUT2D eigenvalue weighted by atomic mass is 16.5. The number of allylic oxidation sites excluding steroid dienone is 1. The average Bonchev–Trinajstić information content (AvgIpc) is 4.12. The van der Waals surface area contributed by atoms with E-state index in [-0.39, 0.29) is 84.5 Å². The molecule has 4 aromatic rings. The summed E-state index contributed by atoms with van der Waals surface area (Å²) in [6.07, 6.45) is 7.70. The number of Topliss-reactive ketones (excluding diaryl/α,β-unsaturated/α-hetero) is 2. The maximum Gasteiger partial charge on any atom is 0.352 e. The number of H-pyrrole nitrogens is 2. The van der Waals surface area contributed by atoms with Crippen molar-refractivity contribution in [3.8, 4) is 0 Å². The fourth-order valence-corrected chi connectivity index (χ4v) is 10.4. The van der Waals surface area contributed by atoms with Gasteiger partial charge in [0, 0.05) is 89.6 Å². The number of ketones is 2. The zero-order valence-electron chi connectivity index (χ0n) is 38.8. The molecule has 0 saturated heterocycles. The fraction of sp³-hybridized carbons (Fsp3) is 0.489. The van der Waals surface area contributed by atoms with Gasteiger partial charge < -0.3 is 30.4 Å². The third-order valence-corrected chi connectivity index (χ3v) is 14.0. The summed E-state index contributed by atoms with van der Waals surface area (Å²) < 4.78 is 7.24. The topological polar surface area (TPSA) is 277 Å². The number of amides is 2. The fourth-order valence-electron chi connectivity index (χ4n) is 10.4. The number of carbonyl (C=O) groups is 6. The number of aromatic amines is 2. The molecule has 3 unspecified atom stereocenters. The minimum Gasteiger partial charge on any atom is -0.480 e. The summed E-state index contributed by atoms with van der Waals surface area (Å²) in [5.41, 5.74) is 5.78. The first kappa shape index (κ1) is 46.4. The first-order valence-electron chi connectivity index (χ1n) is 22.7. The molecule has 4 aliphatic rings. The zero-order chi connectivity index (χ0) is 48.2. The van der Waals surface area contributed by atoms with E-state index in [1.54, 1.807) is 6.92 Å². The molecular formula is C47H55N11O9. The number of hydrogen-bond acceptors (Lipinski definition) is 13. The Kier molecular flexibility index (Phi) is 12.7. The quantitative estimate of drug-likeness (QED) is 0.0526. The second-order valence-electron chi connectivity index (χ2n) is 18.1. The summed E-state index contributed by atoms with van der Waals surface area (Å²) in [7, 11) is 2.64. The number of carboxylic acid groups (broad SMARTS) is 1. The predicted molar refractivity (Wildman–Crippen MR) is 245 cm³/mol. The molecule has 2 amide bonds. The van der Waals surface area contributed by atoms with Gasteiger partial charge in [0.15, 0.2) is 11.6 Å². The number of nitrogens with one attached hydrogen (secondary N) is 4. The van der Waals surface area contributed by atoms with Crippen molar-refractivity contribution >= 4 is 70.2 Å². The van der Waals surface area contributed by atoms with Crippen LogP contribution in [0.3, 0.4) is 0 Å². The van der Waals surface area contributed by atoms with Crippen LogP contribution in [0.5, 0.6) is 0 Å². The number of aliphatic carboxylic acids is 1. The molecule has 7 heterocycles. The number of methoxy groups -OCH3 is 1. The highest BCUT2D eigenvalue weighted by Gasteiger charge is 2.49. The lowest BCUT2D eigenvalue weighted by molar-refractivity contribution is -0.142. The van der Waals surface area contributed by atoms with Gasteiger partial charge in [-0.3, -0.25) is 34.0 Å². The van der Waals surface area contributed by atoms with Crippen LogP contribution in [0.15, 0.2) is 26.7 Å². The van der Waals surface area contributed by atoms with Gasteiger partial charge in [0.25, 0.3) is 11.7 Å². The molecule has 0 fully saturated rings. The predicted octanol–water partition coefficient (Wildman–Crippen LogP) is 1.95. The van der Waals surface area contributed by atoms with Crippen LogP contribution in [0.4, 0.5) is 0 Å². The third-order valence-electron chi connectivity index (χ3n) is 14.0. The van der Waals surface area contributed by atoms with Crippen molar-refractivity contribution in [1.82, 2.24) is 45.0 Å². The van der Waals surface area contributed by atoms with E-state index < -0.39 is 35.5 Å². The number of esters is 1. The first-order valence-corrected chi connectivity index (χ1v) is 22.7. The highest BCUT2D eigenvalue weighted by molar-refractivity contribution is 6.25.